The Balaban J connectivity index is 0.000000165. The lowest BCUT2D eigenvalue weighted by atomic mass is 10.1. The van der Waals surface area contributed by atoms with E-state index >= 15 is 0 Å². The smallest absolute Gasteiger partial charge is 0.350 e. The van der Waals surface area contributed by atoms with Gasteiger partial charge >= 0.3 is 5.97 Å². The molecule has 0 unspecified atom stereocenters. The first-order chi connectivity index (χ1) is 51.6. The second-order valence-electron chi connectivity index (χ2n) is 25.2. The van der Waals surface area contributed by atoms with Crippen molar-refractivity contribution < 1.29 is 24.5 Å². The number of thiazole rings is 4. The molecule has 28 heteroatoms. The molecule has 24 nitrogen and oxygen atoms in total. The summed E-state index contributed by atoms with van der Waals surface area (Å²) in [4.78, 5) is 72.7. The number of anilines is 8. The third-order valence-corrected chi connectivity index (χ3v) is 20.6. The molecular weight excluding hydrogens is 1420 g/mol. The lowest BCUT2D eigenvalue weighted by molar-refractivity contribution is 0.0531. The molecule has 0 bridgehead atoms. The van der Waals surface area contributed by atoms with Gasteiger partial charge < -0.3 is 51.6 Å². The lowest BCUT2D eigenvalue weighted by Crippen LogP contribution is -2.21. The van der Waals surface area contributed by atoms with Crippen LogP contribution in [-0.2, 0) is 29.1 Å². The number of carbonyl (C=O) groups is 1. The number of hydrogen-bond acceptors (Lipinski definition) is 28. The van der Waals surface area contributed by atoms with Gasteiger partial charge in [-0.2, -0.15) is 0 Å². The second kappa shape index (κ2) is 40.8. The molecule has 0 fully saturated rings. The van der Waals surface area contributed by atoms with Gasteiger partial charge in [-0.15, -0.1) is 45.3 Å². The Labute approximate surface area is 642 Å². The van der Waals surface area contributed by atoms with Crippen molar-refractivity contribution in [3.05, 3.63) is 209 Å². The van der Waals surface area contributed by atoms with Gasteiger partial charge in [0.15, 0.2) is 0 Å². The zero-order chi connectivity index (χ0) is 76.4. The maximum absolute atomic E-state index is 12.0. The number of hydrogen-bond donors (Lipinski definition) is 8. The molecule has 560 valence electrons. The molecule has 0 saturated carbocycles. The van der Waals surface area contributed by atoms with Crippen molar-refractivity contribution in [2.75, 3.05) is 80.5 Å². The minimum Gasteiger partial charge on any atom is -0.462 e. The molecule has 0 aliphatic heterocycles. The zero-order valence-corrected chi connectivity index (χ0v) is 66.4. The summed E-state index contributed by atoms with van der Waals surface area (Å²) >= 11 is 6.23. The fraction of sp³-hybridized carbons (Fsp3) is 0.329. The van der Waals surface area contributed by atoms with Crippen molar-refractivity contribution in [1.82, 2.24) is 75.3 Å². The van der Waals surface area contributed by atoms with Crippen LogP contribution < -0.4 is 31.9 Å². The summed E-state index contributed by atoms with van der Waals surface area (Å²) in [6.45, 7) is 35.7. The first kappa shape index (κ1) is 81.2. The molecule has 8 heterocycles. The molecule has 4 aromatic carbocycles. The van der Waals surface area contributed by atoms with Crippen LogP contribution in [0.4, 0.5) is 46.5 Å². The monoisotopic (exact) mass is 1520 g/mol. The summed E-state index contributed by atoms with van der Waals surface area (Å²) in [5.74, 6) is 1.83. The zero-order valence-electron chi connectivity index (χ0n) is 63.2. The predicted molar refractivity (Wildman–Crippen MR) is 435 cm³/mol. The normalized spacial score (nSPS) is 10.9. The van der Waals surface area contributed by atoms with Crippen LogP contribution in [0.15, 0.2) is 128 Å². The number of benzene rings is 4. The molecule has 0 aliphatic carbocycles. The number of aryl methyl sites for hydroxylation is 11. The maximum atomic E-state index is 12.0. The number of aliphatic hydroxyl groups is 2. The lowest BCUT2D eigenvalue weighted by Gasteiger charge is -2.16. The highest BCUT2D eigenvalue weighted by Gasteiger charge is 2.20. The molecule has 0 aliphatic rings. The van der Waals surface area contributed by atoms with Crippen molar-refractivity contribution in [2.24, 2.45) is 0 Å². The Morgan fingerprint density at radius 2 is 0.785 bits per heavy atom. The molecule has 12 rings (SSSR count). The van der Waals surface area contributed by atoms with Gasteiger partial charge in [-0.1, -0.05) is 44.2 Å². The molecule has 0 amide bonds. The Hall–Kier alpha value is -9.85. The molecule has 107 heavy (non-hydrogen) atoms. The van der Waals surface area contributed by atoms with Crippen molar-refractivity contribution in [2.45, 2.75) is 117 Å². The van der Waals surface area contributed by atoms with Gasteiger partial charge in [0.1, 0.15) is 47.7 Å². The Bertz CT molecular complexity index is 4800. The van der Waals surface area contributed by atoms with Gasteiger partial charge in [-0.05, 0) is 208 Å². The molecule has 0 atom stereocenters. The van der Waals surface area contributed by atoms with E-state index < -0.39 is 0 Å². The van der Waals surface area contributed by atoms with Crippen LogP contribution in [-0.4, -0.2) is 140 Å². The minimum absolute atomic E-state index is 0.0522. The van der Waals surface area contributed by atoms with Crippen molar-refractivity contribution >= 4 is 97.9 Å². The molecular formula is C79H95N19O5S4. The molecule has 8 aromatic heterocycles. The summed E-state index contributed by atoms with van der Waals surface area (Å²) in [5.41, 5.74) is 19.1. The molecule has 0 spiro atoms. The summed E-state index contributed by atoms with van der Waals surface area (Å²) in [5, 5.41) is 40.5. The predicted octanol–water partition coefficient (Wildman–Crippen LogP) is 16.0. The number of rotatable bonds is 29. The van der Waals surface area contributed by atoms with E-state index in [2.05, 4.69) is 209 Å². The van der Waals surface area contributed by atoms with Gasteiger partial charge in [0.25, 0.3) is 0 Å². The maximum Gasteiger partial charge on any atom is 0.350 e. The van der Waals surface area contributed by atoms with Crippen LogP contribution in [0.3, 0.4) is 0 Å². The number of nitrogens with zero attached hydrogens (tertiary/aromatic N) is 13. The van der Waals surface area contributed by atoms with E-state index in [9.17, 15) is 4.79 Å². The van der Waals surface area contributed by atoms with E-state index in [4.69, 9.17) is 24.7 Å². The third-order valence-electron chi connectivity index (χ3n) is 15.9. The number of esters is 1. The number of ether oxygens (including phenoxy) is 2. The highest BCUT2D eigenvalue weighted by atomic mass is 32.1. The SMILES string of the molecule is CCN(CC)Cc1sc(-c2ccnc(Nc3cc(C)cc(C)c3)n2)nc1C.CCOC(=O)c1sc(-c2ccnc(Nc3cccc(C)c3)n2)nc1C.Cc1cc(C)cc(Nc2nccc(-c3nc(C)c(CNCCO)s3)n2)c1.Cc1cc(C)cc(Nc2nccc(-c3nc(C)c(CNCCOCCO)s3)n2)c1. The van der Waals surface area contributed by atoms with E-state index in [0.29, 0.717) is 78.0 Å². The Kier molecular flexibility index (Phi) is 30.9. The van der Waals surface area contributed by atoms with E-state index in [1.165, 1.54) is 54.5 Å². The Morgan fingerprint density at radius 3 is 1.18 bits per heavy atom. The fourth-order valence-electron chi connectivity index (χ4n) is 11.0. The largest absolute Gasteiger partial charge is 0.462 e. The van der Waals surface area contributed by atoms with Gasteiger partial charge in [-0.3, -0.25) is 4.90 Å². The minimum atomic E-state index is -0.351. The van der Waals surface area contributed by atoms with Gasteiger partial charge in [0.05, 0.1) is 55.8 Å². The van der Waals surface area contributed by atoms with Gasteiger partial charge in [0, 0.05) is 94.9 Å². The third kappa shape index (κ3) is 25.1. The van der Waals surface area contributed by atoms with Crippen LogP contribution >= 0.6 is 45.3 Å². The Morgan fingerprint density at radius 1 is 0.411 bits per heavy atom. The van der Waals surface area contributed by atoms with E-state index in [-0.39, 0.29) is 19.2 Å². The van der Waals surface area contributed by atoms with Crippen molar-refractivity contribution in [3.63, 3.8) is 0 Å². The number of nitrogens with one attached hydrogen (secondary N) is 6. The van der Waals surface area contributed by atoms with E-state index in [1.807, 2.05) is 63.2 Å². The highest BCUT2D eigenvalue weighted by Crippen LogP contribution is 2.33. The summed E-state index contributed by atoms with van der Waals surface area (Å²) < 4.78 is 10.3. The van der Waals surface area contributed by atoms with Gasteiger partial charge in [0.2, 0.25) is 23.8 Å². The first-order valence-corrected chi connectivity index (χ1v) is 38.6. The average Bonchev–Trinajstić information content (AvgIpc) is 1.74. The van der Waals surface area contributed by atoms with Crippen LogP contribution in [0, 0.1) is 76.2 Å². The summed E-state index contributed by atoms with van der Waals surface area (Å²) in [7, 11) is 0. The van der Waals surface area contributed by atoms with Crippen molar-refractivity contribution in [3.8, 4) is 42.8 Å². The van der Waals surface area contributed by atoms with E-state index in [0.717, 1.165) is 115 Å². The average molecular weight is 1520 g/mol. The van der Waals surface area contributed by atoms with Crippen LogP contribution in [0.1, 0.15) is 107 Å². The summed E-state index contributed by atoms with van der Waals surface area (Å²) in [6.07, 6.45) is 6.95. The molecule has 8 N–H and O–H groups in total. The van der Waals surface area contributed by atoms with Crippen LogP contribution in [0.2, 0.25) is 0 Å². The number of carbonyl (C=O) groups excluding carboxylic acids is 1. The fourth-order valence-corrected chi connectivity index (χ4v) is 15.0. The van der Waals surface area contributed by atoms with Gasteiger partial charge in [-0.25, -0.2) is 64.6 Å². The highest BCUT2D eigenvalue weighted by molar-refractivity contribution is 7.17. The topological polar surface area (TPSA) is 306 Å². The second-order valence-corrected chi connectivity index (χ2v) is 29.4. The first-order valence-electron chi connectivity index (χ1n) is 35.3. The number of aliphatic hydroxyl groups excluding tert-OH is 2. The van der Waals surface area contributed by atoms with Crippen LogP contribution in [0.5, 0.6) is 0 Å². The summed E-state index contributed by atoms with van der Waals surface area (Å²) in [6, 6.07) is 34.3. The molecule has 12 aromatic rings. The number of aromatic nitrogens is 12. The van der Waals surface area contributed by atoms with Crippen LogP contribution in [0.25, 0.3) is 42.8 Å². The quantitative estimate of drug-likeness (QED) is 0.0160. The molecule has 0 saturated heterocycles. The van der Waals surface area contributed by atoms with E-state index in [1.54, 1.807) is 78.7 Å². The van der Waals surface area contributed by atoms with Crippen molar-refractivity contribution in [1.29, 1.82) is 0 Å². The molecule has 0 radical (unpaired) electrons. The standard InChI is InChI=1S/C21H27N5O2S.C21H27N5S.C19H23N5OS.C18H18N4O2S/c1-14-10-15(2)12-17(11-14)25-21-23-5-4-18(26-21)20-24-16(3)19(29-20)13-22-6-8-28-9-7-27;1-6-26(7-2)13-19-16(5)23-20(27-19)18-8-9-22-21(25-18)24-17-11-14(3)10-15(4)12-17;1-12-8-13(2)10-15(9-12)23-19-21-5-4-16(24-19)18-22-14(3)17(26-18)11-20-6-7-25;1-4-24-17(23)15-12(3)20-16(25-15)14-8-9-19-18(22-14)21-13-7-5-6-11(2)10-13/h4-5,10-12,22,27H,6-9,13H2,1-3H3,(H,23,25,26);8-12H,6-7,13H2,1-5H3,(H,22,24,25);4-5,8-10,20,25H,6-7,11H2,1-3H3,(H,21,23,24);5-10H,4H2,1-3H3,(H,19,21,22).